The van der Waals surface area contributed by atoms with Gasteiger partial charge >= 0.3 is 5.97 Å². The SMILES string of the molecule is CN(c1cc(Cl)ccc1C(=O)O)C1CCC1. The molecule has 1 aromatic rings. The minimum Gasteiger partial charge on any atom is -0.478 e. The zero-order valence-electron chi connectivity index (χ0n) is 9.11. The van der Waals surface area contributed by atoms with Crippen LogP contribution in [0.4, 0.5) is 5.69 Å². The van der Waals surface area contributed by atoms with Gasteiger partial charge in [0.05, 0.1) is 11.3 Å². The second kappa shape index (κ2) is 4.34. The van der Waals surface area contributed by atoms with Crippen molar-refractivity contribution in [2.45, 2.75) is 25.3 Å². The van der Waals surface area contributed by atoms with Crippen LogP contribution in [0, 0.1) is 0 Å². The van der Waals surface area contributed by atoms with Crippen molar-refractivity contribution in [2.24, 2.45) is 0 Å². The van der Waals surface area contributed by atoms with Crippen molar-refractivity contribution in [1.29, 1.82) is 0 Å². The molecule has 1 aliphatic carbocycles. The molecule has 0 spiro atoms. The summed E-state index contributed by atoms with van der Waals surface area (Å²) in [5.74, 6) is -0.905. The molecule has 0 aromatic heterocycles. The van der Waals surface area contributed by atoms with E-state index in [4.69, 9.17) is 16.7 Å². The molecule has 0 bridgehead atoms. The molecule has 0 radical (unpaired) electrons. The molecule has 0 aliphatic heterocycles. The van der Waals surface area contributed by atoms with Gasteiger partial charge in [-0.05, 0) is 37.5 Å². The molecule has 1 N–H and O–H groups in total. The van der Waals surface area contributed by atoms with Gasteiger partial charge in [0, 0.05) is 18.1 Å². The Morgan fingerprint density at radius 2 is 2.19 bits per heavy atom. The number of rotatable bonds is 3. The average Bonchev–Trinajstić information content (AvgIpc) is 2.14. The summed E-state index contributed by atoms with van der Waals surface area (Å²) in [6.07, 6.45) is 3.47. The second-order valence-corrected chi connectivity index (χ2v) is 4.60. The third-order valence-corrected chi connectivity index (χ3v) is 3.43. The fourth-order valence-corrected chi connectivity index (χ4v) is 2.11. The van der Waals surface area contributed by atoms with Crippen molar-refractivity contribution in [1.82, 2.24) is 0 Å². The Labute approximate surface area is 99.6 Å². The summed E-state index contributed by atoms with van der Waals surface area (Å²) >= 11 is 5.91. The summed E-state index contributed by atoms with van der Waals surface area (Å²) in [6, 6.07) is 5.36. The lowest BCUT2D eigenvalue weighted by Crippen LogP contribution is -2.37. The van der Waals surface area contributed by atoms with E-state index in [2.05, 4.69) is 0 Å². The van der Waals surface area contributed by atoms with E-state index in [1.807, 2.05) is 11.9 Å². The van der Waals surface area contributed by atoms with Gasteiger partial charge in [-0.3, -0.25) is 0 Å². The second-order valence-electron chi connectivity index (χ2n) is 4.16. The molecule has 4 heteroatoms. The highest BCUT2D eigenvalue weighted by molar-refractivity contribution is 6.31. The molecule has 0 unspecified atom stereocenters. The Morgan fingerprint density at radius 1 is 1.50 bits per heavy atom. The van der Waals surface area contributed by atoms with Gasteiger partial charge < -0.3 is 10.0 Å². The highest BCUT2D eigenvalue weighted by Gasteiger charge is 2.25. The van der Waals surface area contributed by atoms with E-state index >= 15 is 0 Å². The first kappa shape index (κ1) is 11.3. The number of hydrogen-bond acceptors (Lipinski definition) is 2. The first-order chi connectivity index (χ1) is 7.59. The van der Waals surface area contributed by atoms with E-state index < -0.39 is 5.97 Å². The third-order valence-electron chi connectivity index (χ3n) is 3.19. The van der Waals surface area contributed by atoms with Gasteiger partial charge in [0.2, 0.25) is 0 Å². The highest BCUT2D eigenvalue weighted by atomic mass is 35.5. The number of aromatic carboxylic acids is 1. The van der Waals surface area contributed by atoms with Crippen molar-refractivity contribution in [3.05, 3.63) is 28.8 Å². The molecule has 86 valence electrons. The Morgan fingerprint density at radius 3 is 2.69 bits per heavy atom. The molecule has 1 fully saturated rings. The monoisotopic (exact) mass is 239 g/mol. The molecular weight excluding hydrogens is 226 g/mol. The number of carboxylic acid groups (broad SMARTS) is 1. The molecular formula is C12H14ClNO2. The van der Waals surface area contributed by atoms with E-state index in [0.717, 1.165) is 12.8 Å². The molecule has 3 nitrogen and oxygen atoms in total. The highest BCUT2D eigenvalue weighted by Crippen LogP contribution is 2.32. The van der Waals surface area contributed by atoms with Crippen LogP contribution < -0.4 is 4.90 Å². The topological polar surface area (TPSA) is 40.5 Å². The fourth-order valence-electron chi connectivity index (χ4n) is 1.95. The molecule has 1 aliphatic rings. The molecule has 0 amide bonds. The number of benzene rings is 1. The van der Waals surface area contributed by atoms with Crippen LogP contribution in [0.25, 0.3) is 0 Å². The molecule has 2 rings (SSSR count). The zero-order valence-corrected chi connectivity index (χ0v) is 9.87. The van der Waals surface area contributed by atoms with Crippen LogP contribution in [0.3, 0.4) is 0 Å². The Bertz CT molecular complexity index is 415. The van der Waals surface area contributed by atoms with Crippen LogP contribution >= 0.6 is 11.6 Å². The van der Waals surface area contributed by atoms with Gasteiger partial charge in [0.1, 0.15) is 0 Å². The lowest BCUT2D eigenvalue weighted by molar-refractivity contribution is 0.0697. The third kappa shape index (κ3) is 2.00. The predicted octanol–water partition coefficient (Wildman–Crippen LogP) is 3.03. The molecule has 1 saturated carbocycles. The lowest BCUT2D eigenvalue weighted by atomic mass is 9.91. The summed E-state index contributed by atoms with van der Waals surface area (Å²) < 4.78 is 0. The van der Waals surface area contributed by atoms with Crippen LogP contribution in [0.1, 0.15) is 29.6 Å². The van der Waals surface area contributed by atoms with E-state index in [1.165, 1.54) is 6.42 Å². The fraction of sp³-hybridized carbons (Fsp3) is 0.417. The Hall–Kier alpha value is -1.22. The summed E-state index contributed by atoms with van der Waals surface area (Å²) in [4.78, 5) is 13.1. The lowest BCUT2D eigenvalue weighted by Gasteiger charge is -2.37. The molecule has 1 aromatic carbocycles. The van der Waals surface area contributed by atoms with Crippen LogP contribution in [-0.2, 0) is 0 Å². The molecule has 0 heterocycles. The largest absolute Gasteiger partial charge is 0.478 e. The number of carboxylic acids is 1. The maximum atomic E-state index is 11.1. The average molecular weight is 240 g/mol. The summed E-state index contributed by atoms with van der Waals surface area (Å²) in [6.45, 7) is 0. The molecule has 0 saturated heterocycles. The van der Waals surface area contributed by atoms with Gasteiger partial charge in [0.15, 0.2) is 0 Å². The van der Waals surface area contributed by atoms with Crippen LogP contribution in [-0.4, -0.2) is 24.2 Å². The van der Waals surface area contributed by atoms with Crippen molar-refractivity contribution in [2.75, 3.05) is 11.9 Å². The van der Waals surface area contributed by atoms with Crippen LogP contribution in [0.2, 0.25) is 5.02 Å². The number of nitrogens with zero attached hydrogens (tertiary/aromatic N) is 1. The van der Waals surface area contributed by atoms with Gasteiger partial charge in [-0.2, -0.15) is 0 Å². The first-order valence-electron chi connectivity index (χ1n) is 5.35. The maximum absolute atomic E-state index is 11.1. The smallest absolute Gasteiger partial charge is 0.337 e. The van der Waals surface area contributed by atoms with Crippen molar-refractivity contribution >= 4 is 23.3 Å². The van der Waals surface area contributed by atoms with Gasteiger partial charge in [-0.1, -0.05) is 11.6 Å². The normalized spacial score (nSPS) is 15.6. The van der Waals surface area contributed by atoms with E-state index in [9.17, 15) is 4.79 Å². The van der Waals surface area contributed by atoms with Crippen molar-refractivity contribution in [3.8, 4) is 0 Å². The summed E-state index contributed by atoms with van der Waals surface area (Å²) in [5.41, 5.74) is 1.03. The standard InChI is InChI=1S/C12H14ClNO2/c1-14(9-3-2-4-9)11-7-8(13)5-6-10(11)12(15)16/h5-7,9H,2-4H2,1H3,(H,15,16). The first-order valence-corrected chi connectivity index (χ1v) is 5.73. The van der Waals surface area contributed by atoms with E-state index in [1.54, 1.807) is 18.2 Å². The quantitative estimate of drug-likeness (QED) is 0.882. The summed E-state index contributed by atoms with van der Waals surface area (Å²) in [7, 11) is 1.93. The summed E-state index contributed by atoms with van der Waals surface area (Å²) in [5, 5.41) is 9.68. The van der Waals surface area contributed by atoms with Crippen molar-refractivity contribution in [3.63, 3.8) is 0 Å². The molecule has 0 atom stereocenters. The Kier molecular flexibility index (Phi) is 3.06. The van der Waals surface area contributed by atoms with Crippen LogP contribution in [0.5, 0.6) is 0 Å². The van der Waals surface area contributed by atoms with Gasteiger partial charge in [-0.15, -0.1) is 0 Å². The number of carbonyl (C=O) groups is 1. The minimum atomic E-state index is -0.905. The Balaban J connectivity index is 2.36. The number of halogens is 1. The predicted molar refractivity (Wildman–Crippen MR) is 64.5 cm³/mol. The maximum Gasteiger partial charge on any atom is 0.337 e. The molecule has 16 heavy (non-hydrogen) atoms. The van der Waals surface area contributed by atoms with E-state index in [0.29, 0.717) is 22.3 Å². The van der Waals surface area contributed by atoms with Gasteiger partial charge in [-0.25, -0.2) is 4.79 Å². The van der Waals surface area contributed by atoms with Crippen LogP contribution in [0.15, 0.2) is 18.2 Å². The van der Waals surface area contributed by atoms with Crippen molar-refractivity contribution < 1.29 is 9.90 Å². The van der Waals surface area contributed by atoms with Gasteiger partial charge in [0.25, 0.3) is 0 Å². The minimum absolute atomic E-state index is 0.318. The van der Waals surface area contributed by atoms with E-state index in [-0.39, 0.29) is 0 Å². The number of anilines is 1. The number of hydrogen-bond donors (Lipinski definition) is 1. The zero-order chi connectivity index (χ0) is 11.7.